The molecule has 14 rings (SSSR count). The summed E-state index contributed by atoms with van der Waals surface area (Å²) in [5.41, 5.74) is 15.8. The summed E-state index contributed by atoms with van der Waals surface area (Å²) in [6, 6.07) is 72.9. The van der Waals surface area contributed by atoms with Gasteiger partial charge < -0.3 is 18.9 Å². The summed E-state index contributed by atoms with van der Waals surface area (Å²) in [5.74, 6) is 0.392. The van der Waals surface area contributed by atoms with Crippen LogP contribution in [0.1, 0.15) is 193 Å². The van der Waals surface area contributed by atoms with E-state index in [0.29, 0.717) is 47.6 Å². The number of anilines is 6. The Balaban J connectivity index is 0.000000183. The highest BCUT2D eigenvalue weighted by Crippen LogP contribution is 2.48. The van der Waals surface area contributed by atoms with E-state index in [4.69, 9.17) is 5.26 Å². The summed E-state index contributed by atoms with van der Waals surface area (Å²) in [4.78, 5) is 74.8. The second kappa shape index (κ2) is 41.0. The highest BCUT2D eigenvalue weighted by Gasteiger charge is 2.38. The molecule has 0 aliphatic carbocycles. The maximum absolute atomic E-state index is 14.1. The van der Waals surface area contributed by atoms with Crippen molar-refractivity contribution < 1.29 is 24.0 Å². The molecule has 0 radical (unpaired) electrons. The van der Waals surface area contributed by atoms with Gasteiger partial charge in [-0.25, -0.2) is 0 Å². The van der Waals surface area contributed by atoms with Crippen LogP contribution in [0.3, 0.4) is 0 Å². The normalized spacial score (nSPS) is 14.6. The van der Waals surface area contributed by atoms with Gasteiger partial charge in [0.05, 0.1) is 45.7 Å². The SMILES string of the molecule is CCCCC(CC)CN1C(=O)C(C#N)=C(C)/C(=C/c2cc3c(s2)c2sc(-c4ccc(N(c5ccccc5)c5ccccc5)cc4)cc2n3CC(CC)CCCC)C1=O.CCCCC(CC)CN1C(=O)CC(C)=C(C#N)C1=O.CCCCC(CC)Cn1c2cc(C=O)sc2c2sc(-c3ccc(N(c4ccccc4)c4ccccc4)cc3)cc21. The number of para-hydroxylation sites is 4. The monoisotopic (exact) mass is 1630 g/mol. The molecule has 4 unspecified atom stereocenters. The van der Waals surface area contributed by atoms with Crippen LogP contribution in [0.25, 0.3) is 67.8 Å². The number of imide groups is 2. The Bertz CT molecular complexity index is 5510. The molecule has 6 aromatic heterocycles. The molecule has 0 saturated heterocycles. The Morgan fingerprint density at radius 2 is 0.735 bits per heavy atom. The first-order valence-corrected chi connectivity index (χ1v) is 45.5. The number of aromatic nitrogens is 2. The quantitative estimate of drug-likeness (QED) is 0.0218. The predicted molar refractivity (Wildman–Crippen MR) is 492 cm³/mol. The lowest BCUT2D eigenvalue weighted by Gasteiger charge is -2.30. The van der Waals surface area contributed by atoms with Gasteiger partial charge in [-0.2, -0.15) is 10.5 Å². The molecule has 117 heavy (non-hydrogen) atoms. The summed E-state index contributed by atoms with van der Waals surface area (Å²) < 4.78 is 10.0. The average molecular weight is 1630 g/mol. The molecule has 2 aliphatic heterocycles. The minimum Gasteiger partial charge on any atom is -0.339 e. The number of nitrogens with zero attached hydrogens (tertiary/aromatic N) is 8. The zero-order chi connectivity index (χ0) is 82.7. The maximum Gasteiger partial charge on any atom is 0.271 e. The summed E-state index contributed by atoms with van der Waals surface area (Å²) in [5, 5.41) is 19.1. The van der Waals surface area contributed by atoms with Crippen LogP contribution in [0.4, 0.5) is 34.1 Å². The topological polar surface area (TPSA) is 156 Å². The van der Waals surface area contributed by atoms with Crippen LogP contribution in [-0.2, 0) is 32.3 Å². The third-order valence-corrected chi connectivity index (χ3v) is 28.0. The van der Waals surface area contributed by atoms with E-state index in [1.807, 2.05) is 47.0 Å². The molecular weight excluding hydrogens is 1520 g/mol. The molecule has 604 valence electrons. The van der Waals surface area contributed by atoms with Crippen molar-refractivity contribution in [1.82, 2.24) is 18.9 Å². The van der Waals surface area contributed by atoms with E-state index >= 15 is 0 Å². The van der Waals surface area contributed by atoms with Crippen molar-refractivity contribution in [1.29, 1.82) is 10.5 Å². The molecule has 17 heteroatoms. The Kier molecular flexibility index (Phi) is 30.1. The molecule has 0 fully saturated rings. The van der Waals surface area contributed by atoms with Gasteiger partial charge in [-0.05, 0) is 189 Å². The van der Waals surface area contributed by atoms with Crippen molar-refractivity contribution in [3.8, 4) is 33.0 Å². The lowest BCUT2D eigenvalue weighted by atomic mass is 9.92. The average Bonchev–Trinajstić information content (AvgIpc) is 1.63. The van der Waals surface area contributed by atoms with Gasteiger partial charge >= 0.3 is 0 Å². The summed E-state index contributed by atoms with van der Waals surface area (Å²) in [6.45, 7) is 23.7. The van der Waals surface area contributed by atoms with Crippen molar-refractivity contribution in [3.63, 3.8) is 0 Å². The van der Waals surface area contributed by atoms with Crippen LogP contribution >= 0.6 is 45.3 Å². The molecule has 0 N–H and O–H groups in total. The van der Waals surface area contributed by atoms with Gasteiger partial charge in [0.25, 0.3) is 17.7 Å². The molecule has 0 bridgehead atoms. The highest BCUT2D eigenvalue weighted by atomic mass is 32.1. The first-order chi connectivity index (χ1) is 57.0. The molecule has 0 spiro atoms. The molecule has 4 amide bonds. The number of hydrogen-bond acceptors (Lipinski definition) is 13. The second-order valence-corrected chi connectivity index (χ2v) is 35.4. The fraction of sp³-hybridized carbons (Fsp3) is 0.350. The molecule has 13 nitrogen and oxygen atoms in total. The zero-order valence-corrected chi connectivity index (χ0v) is 72.8. The Labute approximate surface area is 707 Å². The highest BCUT2D eigenvalue weighted by molar-refractivity contribution is 7.30. The molecular formula is C100H110N8O5S4. The number of unbranched alkanes of at least 4 members (excludes halogenated alkanes) is 4. The van der Waals surface area contributed by atoms with Crippen LogP contribution in [0.5, 0.6) is 0 Å². The van der Waals surface area contributed by atoms with E-state index in [1.165, 1.54) is 116 Å². The molecule has 0 saturated carbocycles. The summed E-state index contributed by atoms with van der Waals surface area (Å²) in [6.07, 6.45) is 20.8. The van der Waals surface area contributed by atoms with Crippen LogP contribution in [0.15, 0.2) is 222 Å². The van der Waals surface area contributed by atoms with Crippen LogP contribution in [0, 0.1) is 46.3 Å². The summed E-state index contributed by atoms with van der Waals surface area (Å²) in [7, 11) is 0. The van der Waals surface area contributed by atoms with E-state index in [2.05, 4.69) is 262 Å². The second-order valence-electron chi connectivity index (χ2n) is 31.1. The Hall–Kier alpha value is -10.5. The minimum atomic E-state index is -0.466. The third-order valence-electron chi connectivity index (χ3n) is 23.2. The van der Waals surface area contributed by atoms with E-state index in [0.717, 1.165) is 121 Å². The fourth-order valence-electron chi connectivity index (χ4n) is 16.1. The number of hydrogen-bond donors (Lipinski definition) is 0. The number of carbonyl (C=O) groups is 5. The van der Waals surface area contributed by atoms with Crippen molar-refractivity contribution >= 4 is 156 Å². The number of rotatable bonds is 34. The molecule has 8 heterocycles. The van der Waals surface area contributed by atoms with E-state index in [-0.39, 0.29) is 35.3 Å². The van der Waals surface area contributed by atoms with Gasteiger partial charge in [0.1, 0.15) is 23.3 Å². The maximum atomic E-state index is 14.1. The van der Waals surface area contributed by atoms with Gasteiger partial charge in [-0.15, -0.1) is 45.3 Å². The number of amides is 4. The summed E-state index contributed by atoms with van der Waals surface area (Å²) >= 11 is 6.99. The van der Waals surface area contributed by atoms with Crippen molar-refractivity contribution in [3.05, 3.63) is 232 Å². The largest absolute Gasteiger partial charge is 0.339 e. The number of carbonyl (C=O) groups excluding carboxylic acids is 5. The lowest BCUT2D eigenvalue weighted by Crippen LogP contribution is -2.45. The van der Waals surface area contributed by atoms with Crippen molar-refractivity contribution in [2.24, 2.45) is 23.7 Å². The van der Waals surface area contributed by atoms with Crippen LogP contribution < -0.4 is 9.80 Å². The number of aldehydes is 1. The van der Waals surface area contributed by atoms with Crippen LogP contribution in [-0.4, -0.2) is 61.9 Å². The Morgan fingerprint density at radius 3 is 1.10 bits per heavy atom. The minimum absolute atomic E-state index is 0.0653. The smallest absolute Gasteiger partial charge is 0.271 e. The molecule has 6 aromatic carbocycles. The van der Waals surface area contributed by atoms with Crippen LogP contribution in [0.2, 0.25) is 0 Å². The molecule has 2 aliphatic rings. The zero-order valence-electron chi connectivity index (χ0n) is 69.5. The first kappa shape index (κ1) is 85.8. The van der Waals surface area contributed by atoms with Gasteiger partial charge in [-0.1, -0.05) is 230 Å². The number of fused-ring (bicyclic) bond motifs is 6. The number of nitriles is 2. The van der Waals surface area contributed by atoms with E-state index in [1.54, 1.807) is 36.5 Å². The van der Waals surface area contributed by atoms with E-state index < -0.39 is 11.8 Å². The standard InChI is InChI=1S/C50H54N4O2S2.C35H34N2OS2.C15H22N2O2/c1-6-10-18-35(8-3)32-52-44-29-41(28-42-34(5)43(31-51)50(56)53(49(42)55)33-36(9-4)19-11-7-2)57-47(44)48-45(52)30-46(58-48)37-24-26-40(27-25-37)54(38-20-14-12-15-21-38)39-22-16-13-17-23-39;1-3-5-12-25(4-2)23-36-31-21-30(24-38)39-34(31)35-32(36)22-33(40-35)26-17-19-29(20-18-26)37(27-13-8-6-9-14-27)28-15-10-7-11-16-28;1-4-6-7-12(5-2)10-17-14(18)8-11(3)13(9-16)15(17)19/h12-17,20-30,35-36H,6-11,18-19,32-33H2,1-5H3;6-11,13-22,24-25H,3-5,12,23H2,1-2H3;12H,4-8,10H2,1-3H3/b42-28-;;. The third kappa shape index (κ3) is 19.7. The van der Waals surface area contributed by atoms with Gasteiger partial charge in [0.2, 0.25) is 5.91 Å². The van der Waals surface area contributed by atoms with Crippen molar-refractivity contribution in [2.45, 2.75) is 191 Å². The predicted octanol–water partition coefficient (Wildman–Crippen LogP) is 28.0. The van der Waals surface area contributed by atoms with E-state index in [9.17, 15) is 29.2 Å². The lowest BCUT2D eigenvalue weighted by molar-refractivity contribution is -0.144. The first-order valence-electron chi connectivity index (χ1n) is 42.3. The molecule has 12 aromatic rings. The number of benzene rings is 6. The number of thiophene rings is 4. The van der Waals surface area contributed by atoms with Gasteiger partial charge in [0, 0.05) is 86.9 Å². The fourth-order valence-corrected chi connectivity index (χ4v) is 20.9. The van der Waals surface area contributed by atoms with Gasteiger partial charge in [0.15, 0.2) is 6.29 Å². The Morgan fingerprint density at radius 1 is 0.402 bits per heavy atom. The van der Waals surface area contributed by atoms with Crippen molar-refractivity contribution in [2.75, 3.05) is 22.9 Å². The molecule has 4 atom stereocenters. The van der Waals surface area contributed by atoms with Gasteiger partial charge in [-0.3, -0.25) is 33.8 Å².